The van der Waals surface area contributed by atoms with Gasteiger partial charge in [-0.05, 0) is 36.1 Å². The minimum Gasteiger partial charge on any atom is -0.383 e. The normalized spacial score (nSPS) is 10.4. The monoisotopic (exact) mass is 308 g/mol. The third-order valence-electron chi connectivity index (χ3n) is 4.04. The maximum absolute atomic E-state index is 9.57. The smallest absolute Gasteiger partial charge is 0.142 e. The summed E-state index contributed by atoms with van der Waals surface area (Å²) in [7, 11) is 4.02. The van der Waals surface area contributed by atoms with Crippen LogP contribution in [-0.2, 0) is 12.8 Å². The van der Waals surface area contributed by atoms with Gasteiger partial charge >= 0.3 is 0 Å². The highest BCUT2D eigenvalue weighted by Gasteiger charge is 2.18. The molecule has 0 spiro atoms. The first kappa shape index (κ1) is 16.8. The lowest BCUT2D eigenvalue weighted by atomic mass is 9.91. The molecule has 0 aliphatic rings. The van der Waals surface area contributed by atoms with Crippen LogP contribution in [0.15, 0.2) is 24.3 Å². The first-order valence-corrected chi connectivity index (χ1v) is 8.02. The zero-order valence-corrected chi connectivity index (χ0v) is 14.3. The van der Waals surface area contributed by atoms with E-state index in [0.717, 1.165) is 47.3 Å². The maximum atomic E-state index is 9.57. The molecule has 23 heavy (non-hydrogen) atoms. The average Bonchev–Trinajstić information content (AvgIpc) is 2.54. The Bertz CT molecular complexity index is 725. The Kier molecular flexibility index (Phi) is 5.23. The minimum atomic E-state index is 0.333. The van der Waals surface area contributed by atoms with Gasteiger partial charge in [-0.1, -0.05) is 32.4 Å². The zero-order valence-electron chi connectivity index (χ0n) is 14.3. The molecule has 1 heterocycles. The molecule has 2 aromatic rings. The Hall–Kier alpha value is -2.54. The molecule has 0 unspecified atom stereocenters. The third-order valence-corrected chi connectivity index (χ3v) is 4.04. The molecule has 0 amide bonds. The number of aromatic nitrogens is 1. The summed E-state index contributed by atoms with van der Waals surface area (Å²) in [6, 6.07) is 10.5. The van der Waals surface area contributed by atoms with E-state index in [1.54, 1.807) is 0 Å². The second-order valence-corrected chi connectivity index (χ2v) is 5.83. The van der Waals surface area contributed by atoms with Crippen LogP contribution in [0, 0.1) is 11.3 Å². The van der Waals surface area contributed by atoms with E-state index >= 15 is 0 Å². The summed E-state index contributed by atoms with van der Waals surface area (Å²) in [5.74, 6) is 0.333. The molecule has 0 aliphatic heterocycles. The number of benzene rings is 1. The fraction of sp³-hybridized carbons (Fsp3) is 0.368. The fourth-order valence-electron chi connectivity index (χ4n) is 2.87. The first-order chi connectivity index (χ1) is 11.0. The lowest BCUT2D eigenvalue weighted by molar-refractivity contribution is 0.860. The highest BCUT2D eigenvalue weighted by molar-refractivity contribution is 5.80. The van der Waals surface area contributed by atoms with Gasteiger partial charge in [0.05, 0.1) is 0 Å². The van der Waals surface area contributed by atoms with Crippen molar-refractivity contribution in [3.63, 3.8) is 0 Å². The zero-order chi connectivity index (χ0) is 17.0. The molecule has 1 aromatic heterocycles. The lowest BCUT2D eigenvalue weighted by Gasteiger charge is -2.18. The molecule has 0 atom stereocenters. The van der Waals surface area contributed by atoms with Crippen molar-refractivity contribution < 1.29 is 0 Å². The van der Waals surface area contributed by atoms with E-state index in [2.05, 4.69) is 54.1 Å². The van der Waals surface area contributed by atoms with Crippen molar-refractivity contribution in [2.45, 2.75) is 33.1 Å². The predicted octanol–water partition coefficient (Wildman–Crippen LogP) is 3.78. The number of nitriles is 1. The van der Waals surface area contributed by atoms with E-state index in [9.17, 15) is 5.26 Å². The Balaban J connectivity index is 2.70. The number of hydrogen-bond donors (Lipinski definition) is 1. The standard InChI is InChI=1S/C19H24N4/c1-5-7-17-15(6-2)18(16(12-20)19(21)22-17)13-8-10-14(11-9-13)23(3)4/h8-11H,5-7H2,1-4H3,(H2,21,22). The molecule has 0 bridgehead atoms. The number of anilines is 2. The first-order valence-electron chi connectivity index (χ1n) is 8.02. The van der Waals surface area contributed by atoms with Crippen LogP contribution in [0.3, 0.4) is 0 Å². The van der Waals surface area contributed by atoms with Gasteiger partial charge in [-0.2, -0.15) is 5.26 Å². The molecule has 120 valence electrons. The summed E-state index contributed by atoms with van der Waals surface area (Å²) in [6.07, 6.45) is 2.72. The SMILES string of the molecule is CCCc1nc(N)c(C#N)c(-c2ccc(N(C)C)cc2)c1CC. The fourth-order valence-corrected chi connectivity index (χ4v) is 2.87. The molecule has 4 heteroatoms. The summed E-state index contributed by atoms with van der Waals surface area (Å²) in [5, 5.41) is 9.57. The van der Waals surface area contributed by atoms with Crippen LogP contribution in [0.25, 0.3) is 11.1 Å². The van der Waals surface area contributed by atoms with Crippen molar-refractivity contribution in [2.24, 2.45) is 0 Å². The van der Waals surface area contributed by atoms with Crippen molar-refractivity contribution in [3.05, 3.63) is 41.1 Å². The second-order valence-electron chi connectivity index (χ2n) is 5.83. The van der Waals surface area contributed by atoms with E-state index < -0.39 is 0 Å². The van der Waals surface area contributed by atoms with E-state index in [1.807, 2.05) is 14.1 Å². The van der Waals surface area contributed by atoms with Crippen LogP contribution >= 0.6 is 0 Å². The molecule has 0 saturated heterocycles. The van der Waals surface area contributed by atoms with Gasteiger partial charge in [-0.15, -0.1) is 0 Å². The largest absolute Gasteiger partial charge is 0.383 e. The van der Waals surface area contributed by atoms with Gasteiger partial charge in [0.1, 0.15) is 17.5 Å². The summed E-state index contributed by atoms with van der Waals surface area (Å²) in [5.41, 5.74) is 11.8. The van der Waals surface area contributed by atoms with Gasteiger partial charge in [0.15, 0.2) is 0 Å². The summed E-state index contributed by atoms with van der Waals surface area (Å²) < 4.78 is 0. The Labute approximate surface area is 138 Å². The Morgan fingerprint density at radius 1 is 1.17 bits per heavy atom. The van der Waals surface area contributed by atoms with E-state index in [-0.39, 0.29) is 0 Å². The van der Waals surface area contributed by atoms with Crippen LogP contribution in [0.4, 0.5) is 11.5 Å². The average molecular weight is 308 g/mol. The highest BCUT2D eigenvalue weighted by atomic mass is 15.1. The molecule has 2 rings (SSSR count). The number of rotatable bonds is 5. The van der Waals surface area contributed by atoms with Gasteiger partial charge in [-0.3, -0.25) is 0 Å². The predicted molar refractivity (Wildman–Crippen MR) is 96.5 cm³/mol. The summed E-state index contributed by atoms with van der Waals surface area (Å²) >= 11 is 0. The topological polar surface area (TPSA) is 65.9 Å². The van der Waals surface area contributed by atoms with Gasteiger partial charge in [0.2, 0.25) is 0 Å². The van der Waals surface area contributed by atoms with Gasteiger partial charge in [0.25, 0.3) is 0 Å². The second kappa shape index (κ2) is 7.15. The van der Waals surface area contributed by atoms with Gasteiger partial charge in [0, 0.05) is 31.0 Å². The van der Waals surface area contributed by atoms with Gasteiger partial charge in [-0.25, -0.2) is 4.98 Å². The number of pyridine rings is 1. The molecule has 0 radical (unpaired) electrons. The summed E-state index contributed by atoms with van der Waals surface area (Å²) in [4.78, 5) is 6.54. The van der Waals surface area contributed by atoms with Crippen LogP contribution in [0.5, 0.6) is 0 Å². The van der Waals surface area contributed by atoms with Crippen LogP contribution < -0.4 is 10.6 Å². The van der Waals surface area contributed by atoms with E-state index in [4.69, 9.17) is 5.73 Å². The number of aryl methyl sites for hydroxylation is 1. The molecule has 0 saturated carbocycles. The van der Waals surface area contributed by atoms with Gasteiger partial charge < -0.3 is 10.6 Å². The Morgan fingerprint density at radius 3 is 2.30 bits per heavy atom. The maximum Gasteiger partial charge on any atom is 0.142 e. The van der Waals surface area contributed by atoms with Crippen molar-refractivity contribution in [2.75, 3.05) is 24.7 Å². The lowest BCUT2D eigenvalue weighted by Crippen LogP contribution is -2.09. The van der Waals surface area contributed by atoms with Crippen molar-refractivity contribution in [3.8, 4) is 17.2 Å². The molecule has 0 fully saturated rings. The van der Waals surface area contributed by atoms with Crippen LogP contribution in [-0.4, -0.2) is 19.1 Å². The third kappa shape index (κ3) is 3.29. The molecule has 0 aliphatic carbocycles. The molecular formula is C19H24N4. The highest BCUT2D eigenvalue weighted by Crippen LogP contribution is 2.33. The van der Waals surface area contributed by atoms with Crippen LogP contribution in [0.2, 0.25) is 0 Å². The van der Waals surface area contributed by atoms with E-state index in [0.29, 0.717) is 11.4 Å². The van der Waals surface area contributed by atoms with Crippen molar-refractivity contribution in [1.29, 1.82) is 5.26 Å². The quantitative estimate of drug-likeness (QED) is 0.912. The Morgan fingerprint density at radius 2 is 1.83 bits per heavy atom. The summed E-state index contributed by atoms with van der Waals surface area (Å²) in [6.45, 7) is 4.23. The van der Waals surface area contributed by atoms with E-state index in [1.165, 1.54) is 0 Å². The number of nitrogen functional groups attached to an aromatic ring is 1. The molecule has 2 N–H and O–H groups in total. The number of hydrogen-bond acceptors (Lipinski definition) is 4. The molecule has 4 nitrogen and oxygen atoms in total. The van der Waals surface area contributed by atoms with Crippen LogP contribution in [0.1, 0.15) is 37.1 Å². The van der Waals surface area contributed by atoms with Crippen molar-refractivity contribution in [1.82, 2.24) is 4.98 Å². The minimum absolute atomic E-state index is 0.333. The molecular weight excluding hydrogens is 284 g/mol. The number of nitrogens with zero attached hydrogens (tertiary/aromatic N) is 3. The van der Waals surface area contributed by atoms with Crippen molar-refractivity contribution >= 4 is 11.5 Å². The number of nitrogens with two attached hydrogens (primary N) is 1. The molecule has 1 aromatic carbocycles.